The Balaban J connectivity index is 0.000000191. The van der Waals surface area contributed by atoms with E-state index in [4.69, 9.17) is 9.94 Å². The first-order valence-electron chi connectivity index (χ1n) is 15.0. The maximum absolute atomic E-state index is 12.2. The van der Waals surface area contributed by atoms with Gasteiger partial charge in [-0.3, -0.25) is 29.8 Å². The number of ether oxygens (including phenoxy) is 1. The lowest BCUT2D eigenvalue weighted by Gasteiger charge is -2.06. The highest BCUT2D eigenvalue weighted by Crippen LogP contribution is 2.23. The number of nitrogens with zero attached hydrogens (tertiary/aromatic N) is 2. The SMILES string of the molecule is CCOC(=O)c1cc(-c2cccc(NC(=O)c3ccccc3)c2)n[nH]1.O=C(Nc1cccc(-c2cc(C(=O)NO)[nH]n2)c1)c1ccccc1. The molecule has 0 atom stereocenters. The van der Waals surface area contributed by atoms with Gasteiger partial charge in [-0.25, -0.2) is 10.3 Å². The van der Waals surface area contributed by atoms with Crippen LogP contribution in [0.3, 0.4) is 0 Å². The molecule has 0 spiro atoms. The highest BCUT2D eigenvalue weighted by atomic mass is 16.5. The van der Waals surface area contributed by atoms with Crippen LogP contribution in [0.1, 0.15) is 48.6 Å². The highest BCUT2D eigenvalue weighted by molar-refractivity contribution is 6.05. The van der Waals surface area contributed by atoms with Gasteiger partial charge in [0.2, 0.25) is 0 Å². The third-order valence-corrected chi connectivity index (χ3v) is 6.90. The standard InChI is InChI=1S/C19H17N3O3.C17H14N4O3/c1-2-25-19(24)17-12-16(21-22-17)14-9-6-10-15(11-14)20-18(23)13-7-4-3-5-8-13;22-16(11-5-2-1-3-6-11)18-13-8-4-7-12(9-13)14-10-15(20-19-14)17(23)21-24/h3-12H,2H2,1H3,(H,20,23)(H,21,22);1-10,24H,(H,18,22)(H,19,20)(H,21,23). The molecular weight excluding hydrogens is 626 g/mol. The van der Waals surface area contributed by atoms with Crippen molar-refractivity contribution in [2.45, 2.75) is 6.92 Å². The Morgan fingerprint density at radius 1 is 0.612 bits per heavy atom. The number of hydrogen-bond donors (Lipinski definition) is 6. The Bertz CT molecular complexity index is 2060. The van der Waals surface area contributed by atoms with Crippen LogP contribution in [0, 0.1) is 0 Å². The van der Waals surface area contributed by atoms with Gasteiger partial charge in [0.05, 0.1) is 18.0 Å². The maximum Gasteiger partial charge on any atom is 0.356 e. The smallest absolute Gasteiger partial charge is 0.356 e. The van der Waals surface area contributed by atoms with Crippen molar-refractivity contribution in [3.05, 3.63) is 144 Å². The second-order valence-corrected chi connectivity index (χ2v) is 10.3. The van der Waals surface area contributed by atoms with Crippen molar-refractivity contribution in [1.82, 2.24) is 25.9 Å². The van der Waals surface area contributed by atoms with Crippen molar-refractivity contribution < 1.29 is 29.1 Å². The second-order valence-electron chi connectivity index (χ2n) is 10.3. The van der Waals surface area contributed by atoms with Crippen LogP contribution in [0.2, 0.25) is 0 Å². The molecule has 13 nitrogen and oxygen atoms in total. The maximum atomic E-state index is 12.2. The molecule has 0 unspecified atom stereocenters. The van der Waals surface area contributed by atoms with Gasteiger partial charge in [-0.05, 0) is 67.6 Å². The molecule has 0 aliphatic rings. The lowest BCUT2D eigenvalue weighted by atomic mass is 10.1. The van der Waals surface area contributed by atoms with Crippen molar-refractivity contribution in [3.8, 4) is 22.5 Å². The van der Waals surface area contributed by atoms with Gasteiger partial charge >= 0.3 is 5.97 Å². The van der Waals surface area contributed by atoms with Crippen molar-refractivity contribution in [1.29, 1.82) is 0 Å². The quantitative estimate of drug-likeness (QED) is 0.0624. The Morgan fingerprint density at radius 3 is 1.55 bits per heavy atom. The number of carbonyl (C=O) groups is 4. The fourth-order valence-electron chi connectivity index (χ4n) is 4.53. The highest BCUT2D eigenvalue weighted by Gasteiger charge is 2.14. The van der Waals surface area contributed by atoms with E-state index in [1.165, 1.54) is 11.5 Å². The molecule has 6 N–H and O–H groups in total. The second kappa shape index (κ2) is 16.1. The molecule has 0 saturated heterocycles. The van der Waals surface area contributed by atoms with E-state index >= 15 is 0 Å². The number of benzene rings is 4. The predicted molar refractivity (Wildman–Crippen MR) is 182 cm³/mol. The number of aromatic nitrogens is 4. The minimum Gasteiger partial charge on any atom is -0.461 e. The molecule has 13 heteroatoms. The molecule has 3 amide bonds. The topological polar surface area (TPSA) is 191 Å². The Hall–Kier alpha value is -6.86. The number of rotatable bonds is 9. The number of hydroxylamine groups is 1. The summed E-state index contributed by atoms with van der Waals surface area (Å²) >= 11 is 0. The monoisotopic (exact) mass is 657 g/mol. The molecule has 246 valence electrons. The average Bonchev–Trinajstić information content (AvgIpc) is 3.84. The van der Waals surface area contributed by atoms with Crippen LogP contribution in [-0.4, -0.2) is 55.9 Å². The summed E-state index contributed by atoms with van der Waals surface area (Å²) in [6.07, 6.45) is 0. The van der Waals surface area contributed by atoms with Crippen LogP contribution in [0.25, 0.3) is 22.5 Å². The first-order valence-corrected chi connectivity index (χ1v) is 15.0. The van der Waals surface area contributed by atoms with Gasteiger partial charge in [0, 0.05) is 33.6 Å². The number of H-pyrrole nitrogens is 2. The molecule has 0 aliphatic heterocycles. The van der Waals surface area contributed by atoms with Crippen molar-refractivity contribution in [3.63, 3.8) is 0 Å². The first kappa shape index (κ1) is 33.5. The van der Waals surface area contributed by atoms with Gasteiger partial charge in [-0.1, -0.05) is 60.7 Å². The fraction of sp³-hybridized carbons (Fsp3) is 0.0556. The van der Waals surface area contributed by atoms with E-state index in [0.29, 0.717) is 46.1 Å². The molecule has 6 aromatic rings. The molecular formula is C36H31N7O6. The number of carbonyl (C=O) groups excluding carboxylic acids is 4. The zero-order chi connectivity index (χ0) is 34.6. The number of nitrogens with one attached hydrogen (secondary N) is 5. The molecule has 0 radical (unpaired) electrons. The summed E-state index contributed by atoms with van der Waals surface area (Å²) in [5, 5.41) is 27.6. The van der Waals surface area contributed by atoms with Gasteiger partial charge in [-0.2, -0.15) is 10.2 Å². The van der Waals surface area contributed by atoms with Crippen LogP contribution >= 0.6 is 0 Å². The predicted octanol–water partition coefficient (Wildman–Crippen LogP) is 5.95. The average molecular weight is 658 g/mol. The largest absolute Gasteiger partial charge is 0.461 e. The molecule has 0 bridgehead atoms. The van der Waals surface area contributed by atoms with Crippen LogP contribution < -0.4 is 16.1 Å². The van der Waals surface area contributed by atoms with E-state index in [0.717, 1.165) is 5.56 Å². The molecule has 0 saturated carbocycles. The Morgan fingerprint density at radius 2 is 1.08 bits per heavy atom. The lowest BCUT2D eigenvalue weighted by Crippen LogP contribution is -2.18. The van der Waals surface area contributed by atoms with Crippen LogP contribution in [-0.2, 0) is 4.74 Å². The van der Waals surface area contributed by atoms with Gasteiger partial charge < -0.3 is 15.4 Å². The third-order valence-electron chi connectivity index (χ3n) is 6.90. The minimum absolute atomic E-state index is 0.131. The molecule has 0 aliphatic carbocycles. The molecule has 49 heavy (non-hydrogen) atoms. The van der Waals surface area contributed by atoms with E-state index in [2.05, 4.69) is 31.0 Å². The zero-order valence-electron chi connectivity index (χ0n) is 26.1. The number of amides is 3. The summed E-state index contributed by atoms with van der Waals surface area (Å²) in [4.78, 5) is 47.5. The van der Waals surface area contributed by atoms with E-state index in [9.17, 15) is 19.2 Å². The molecule has 4 aromatic carbocycles. The zero-order valence-corrected chi connectivity index (χ0v) is 26.1. The molecule has 0 fully saturated rings. The minimum atomic E-state index is -0.678. The van der Waals surface area contributed by atoms with Gasteiger partial charge in [0.25, 0.3) is 17.7 Å². The van der Waals surface area contributed by atoms with Crippen LogP contribution in [0.5, 0.6) is 0 Å². The number of anilines is 2. The van der Waals surface area contributed by atoms with Gasteiger partial charge in [0.15, 0.2) is 0 Å². The Labute approximate surface area is 280 Å². The fourth-order valence-corrected chi connectivity index (χ4v) is 4.53. The van der Waals surface area contributed by atoms with E-state index in [-0.39, 0.29) is 23.2 Å². The van der Waals surface area contributed by atoms with Crippen molar-refractivity contribution in [2.24, 2.45) is 0 Å². The van der Waals surface area contributed by atoms with Crippen molar-refractivity contribution in [2.75, 3.05) is 17.2 Å². The van der Waals surface area contributed by atoms with E-state index < -0.39 is 11.9 Å². The molecule has 2 aromatic heterocycles. The molecule has 6 rings (SSSR count). The third kappa shape index (κ3) is 8.90. The van der Waals surface area contributed by atoms with Crippen molar-refractivity contribution >= 4 is 35.1 Å². The first-order chi connectivity index (χ1) is 23.8. The molecule has 2 heterocycles. The van der Waals surface area contributed by atoms with Crippen LogP contribution in [0.4, 0.5) is 11.4 Å². The summed E-state index contributed by atoms with van der Waals surface area (Å²) in [7, 11) is 0. The number of aromatic amines is 2. The van der Waals surface area contributed by atoms with E-state index in [1.54, 1.807) is 85.8 Å². The summed E-state index contributed by atoms with van der Waals surface area (Å²) in [6.45, 7) is 2.04. The van der Waals surface area contributed by atoms with E-state index in [1.807, 2.05) is 36.4 Å². The Kier molecular flexibility index (Phi) is 11.0. The summed E-state index contributed by atoms with van der Waals surface area (Å²) in [5.41, 5.74) is 6.95. The summed E-state index contributed by atoms with van der Waals surface area (Å²) in [6, 6.07) is 35.3. The normalized spacial score (nSPS) is 10.2. The van der Waals surface area contributed by atoms with Crippen LogP contribution in [0.15, 0.2) is 121 Å². The summed E-state index contributed by atoms with van der Waals surface area (Å²) < 4.78 is 4.94. The lowest BCUT2D eigenvalue weighted by molar-refractivity contribution is 0.0519. The van der Waals surface area contributed by atoms with Gasteiger partial charge in [-0.15, -0.1) is 0 Å². The van der Waals surface area contributed by atoms with Gasteiger partial charge in [0.1, 0.15) is 11.4 Å². The summed E-state index contributed by atoms with van der Waals surface area (Å²) in [5.74, 6) is -1.53. The number of esters is 1. The number of hydrogen-bond acceptors (Lipinski definition) is 8.